The Labute approximate surface area is 190 Å². The lowest BCUT2D eigenvalue weighted by Crippen LogP contribution is -2.15. The number of benzene rings is 3. The molecular formula is C27H21NO5. The van der Waals surface area contributed by atoms with E-state index < -0.39 is 17.8 Å². The second-order valence-corrected chi connectivity index (χ2v) is 7.35. The molecule has 164 valence electrons. The van der Waals surface area contributed by atoms with E-state index in [1.165, 1.54) is 12.1 Å². The van der Waals surface area contributed by atoms with Crippen LogP contribution in [-0.2, 0) is 14.3 Å². The van der Waals surface area contributed by atoms with Crippen LogP contribution in [-0.4, -0.2) is 29.6 Å². The molecule has 3 aromatic rings. The molecule has 0 saturated heterocycles. The molecule has 0 saturated carbocycles. The molecular weight excluding hydrogens is 418 g/mol. The summed E-state index contributed by atoms with van der Waals surface area (Å²) >= 11 is 0. The Bertz CT molecular complexity index is 1270. The predicted octanol–water partition coefficient (Wildman–Crippen LogP) is 4.54. The molecule has 0 fully saturated rings. The number of rotatable bonds is 6. The minimum Gasteiger partial charge on any atom is -0.478 e. The lowest BCUT2D eigenvalue weighted by atomic mass is 9.99. The van der Waals surface area contributed by atoms with Crippen LogP contribution in [0, 0.1) is 0 Å². The number of ether oxygens (including phenoxy) is 1. The molecule has 2 N–H and O–H groups in total. The van der Waals surface area contributed by atoms with E-state index in [-0.39, 0.29) is 23.3 Å². The summed E-state index contributed by atoms with van der Waals surface area (Å²) in [4.78, 5) is 36.7. The second-order valence-electron chi connectivity index (χ2n) is 7.35. The highest BCUT2D eigenvalue weighted by atomic mass is 16.5. The zero-order valence-electron chi connectivity index (χ0n) is 17.9. The molecule has 0 aliphatic carbocycles. The average molecular weight is 439 g/mol. The SMILES string of the molecule is CCOC(=O)C1=C(c2ccc(-c3ccccc3)cc2)NC(=O)/C1=C\c1ccc(C(=O)O)cc1. The van der Waals surface area contributed by atoms with Gasteiger partial charge in [0.05, 0.1) is 29.0 Å². The molecule has 0 spiro atoms. The molecule has 1 aliphatic heterocycles. The molecule has 6 nitrogen and oxygen atoms in total. The van der Waals surface area contributed by atoms with Crippen LogP contribution in [0.5, 0.6) is 0 Å². The Morgan fingerprint density at radius 3 is 2.09 bits per heavy atom. The Kier molecular flexibility index (Phi) is 6.17. The zero-order chi connectivity index (χ0) is 23.4. The maximum Gasteiger partial charge on any atom is 0.341 e. The molecule has 0 aromatic heterocycles. The van der Waals surface area contributed by atoms with E-state index in [0.717, 1.165) is 11.1 Å². The number of carboxylic acid groups (broad SMARTS) is 1. The second kappa shape index (κ2) is 9.36. The summed E-state index contributed by atoms with van der Waals surface area (Å²) in [5.74, 6) is -2.07. The van der Waals surface area contributed by atoms with Crippen molar-refractivity contribution in [3.05, 3.63) is 107 Å². The van der Waals surface area contributed by atoms with Crippen LogP contribution in [0.25, 0.3) is 22.9 Å². The maximum atomic E-state index is 12.8. The zero-order valence-corrected chi connectivity index (χ0v) is 17.9. The van der Waals surface area contributed by atoms with Crippen molar-refractivity contribution in [2.45, 2.75) is 6.92 Å². The molecule has 1 amide bonds. The number of esters is 1. The van der Waals surface area contributed by atoms with Gasteiger partial charge in [0.1, 0.15) is 0 Å². The summed E-state index contributed by atoms with van der Waals surface area (Å²) < 4.78 is 5.23. The highest BCUT2D eigenvalue weighted by Crippen LogP contribution is 2.32. The van der Waals surface area contributed by atoms with Gasteiger partial charge in [0.25, 0.3) is 5.91 Å². The first-order chi connectivity index (χ1) is 16.0. The molecule has 1 aliphatic rings. The van der Waals surface area contributed by atoms with E-state index in [4.69, 9.17) is 9.84 Å². The standard InChI is InChI=1S/C27H21NO5/c1-2-33-27(32)23-22(16-17-8-10-21(11-9-17)26(30)31)25(29)28-24(23)20-14-12-19(13-15-20)18-6-4-3-5-7-18/h3-16H,2H2,1H3,(H,28,29)(H,30,31)/b22-16-. The van der Waals surface area contributed by atoms with E-state index in [1.54, 1.807) is 25.1 Å². The fourth-order valence-corrected chi connectivity index (χ4v) is 3.61. The number of hydrogen-bond donors (Lipinski definition) is 2. The van der Waals surface area contributed by atoms with Crippen LogP contribution in [0.1, 0.15) is 28.4 Å². The van der Waals surface area contributed by atoms with Crippen molar-refractivity contribution in [2.24, 2.45) is 0 Å². The van der Waals surface area contributed by atoms with Crippen LogP contribution >= 0.6 is 0 Å². The van der Waals surface area contributed by atoms with Crippen LogP contribution < -0.4 is 5.32 Å². The third-order valence-electron chi connectivity index (χ3n) is 5.23. The summed E-state index contributed by atoms with van der Waals surface area (Å²) in [6, 6.07) is 23.5. The summed E-state index contributed by atoms with van der Waals surface area (Å²) in [7, 11) is 0. The Morgan fingerprint density at radius 2 is 1.48 bits per heavy atom. The van der Waals surface area contributed by atoms with Crippen LogP contribution in [0.2, 0.25) is 0 Å². The van der Waals surface area contributed by atoms with Crippen molar-refractivity contribution in [1.29, 1.82) is 0 Å². The van der Waals surface area contributed by atoms with Crippen molar-refractivity contribution in [2.75, 3.05) is 6.61 Å². The molecule has 6 heteroatoms. The first-order valence-corrected chi connectivity index (χ1v) is 10.4. The Morgan fingerprint density at radius 1 is 0.879 bits per heavy atom. The maximum absolute atomic E-state index is 12.8. The molecule has 4 rings (SSSR count). The van der Waals surface area contributed by atoms with Gasteiger partial charge in [0.2, 0.25) is 0 Å². The summed E-state index contributed by atoms with van der Waals surface area (Å²) in [5.41, 5.74) is 4.17. The third kappa shape index (κ3) is 4.60. The highest BCUT2D eigenvalue weighted by molar-refractivity contribution is 6.23. The number of amides is 1. The van der Waals surface area contributed by atoms with Crippen LogP contribution in [0.15, 0.2) is 90.0 Å². The minimum atomic E-state index is -1.04. The summed E-state index contributed by atoms with van der Waals surface area (Å²) in [6.07, 6.45) is 1.55. The number of carbonyl (C=O) groups excluding carboxylic acids is 2. The van der Waals surface area contributed by atoms with Crippen molar-refractivity contribution in [3.8, 4) is 11.1 Å². The van der Waals surface area contributed by atoms with Crippen LogP contribution in [0.3, 0.4) is 0 Å². The average Bonchev–Trinajstić information content (AvgIpc) is 3.16. The first kappa shape index (κ1) is 21.8. The van der Waals surface area contributed by atoms with Gasteiger partial charge in [0.15, 0.2) is 0 Å². The van der Waals surface area contributed by atoms with E-state index >= 15 is 0 Å². The van der Waals surface area contributed by atoms with Gasteiger partial charge in [-0.1, -0.05) is 66.7 Å². The number of aromatic carboxylic acids is 1. The largest absolute Gasteiger partial charge is 0.478 e. The molecule has 0 unspecified atom stereocenters. The van der Waals surface area contributed by atoms with E-state index in [0.29, 0.717) is 16.8 Å². The molecule has 1 heterocycles. The van der Waals surface area contributed by atoms with Gasteiger partial charge < -0.3 is 15.2 Å². The molecule has 0 bridgehead atoms. The smallest absolute Gasteiger partial charge is 0.341 e. The van der Waals surface area contributed by atoms with Crippen molar-refractivity contribution < 1.29 is 24.2 Å². The Hall–Kier alpha value is -4.45. The van der Waals surface area contributed by atoms with E-state index in [2.05, 4.69) is 5.32 Å². The van der Waals surface area contributed by atoms with Gasteiger partial charge >= 0.3 is 11.9 Å². The number of carboxylic acids is 1. The highest BCUT2D eigenvalue weighted by Gasteiger charge is 2.33. The lowest BCUT2D eigenvalue weighted by molar-refractivity contribution is -0.138. The number of nitrogens with one attached hydrogen (secondary N) is 1. The topological polar surface area (TPSA) is 92.7 Å². The fraction of sp³-hybridized carbons (Fsp3) is 0.0741. The summed E-state index contributed by atoms with van der Waals surface area (Å²) in [5, 5.41) is 11.9. The predicted molar refractivity (Wildman–Crippen MR) is 125 cm³/mol. The molecule has 33 heavy (non-hydrogen) atoms. The van der Waals surface area contributed by atoms with Gasteiger partial charge in [-0.2, -0.15) is 0 Å². The minimum absolute atomic E-state index is 0.133. The van der Waals surface area contributed by atoms with Gasteiger partial charge in [0, 0.05) is 0 Å². The van der Waals surface area contributed by atoms with Crippen molar-refractivity contribution in [3.63, 3.8) is 0 Å². The number of hydrogen-bond acceptors (Lipinski definition) is 4. The first-order valence-electron chi connectivity index (χ1n) is 10.4. The fourth-order valence-electron chi connectivity index (χ4n) is 3.61. The van der Waals surface area contributed by atoms with Gasteiger partial charge in [-0.05, 0) is 47.4 Å². The molecule has 0 atom stereocenters. The quantitative estimate of drug-likeness (QED) is 0.435. The Balaban J connectivity index is 1.75. The van der Waals surface area contributed by atoms with Crippen molar-refractivity contribution in [1.82, 2.24) is 5.32 Å². The van der Waals surface area contributed by atoms with Gasteiger partial charge in [-0.15, -0.1) is 0 Å². The van der Waals surface area contributed by atoms with E-state index in [9.17, 15) is 14.4 Å². The van der Waals surface area contributed by atoms with Crippen molar-refractivity contribution >= 4 is 29.6 Å². The van der Waals surface area contributed by atoms with Crippen LogP contribution in [0.4, 0.5) is 0 Å². The molecule has 0 radical (unpaired) electrons. The molecule has 3 aromatic carbocycles. The normalized spacial score (nSPS) is 14.3. The summed E-state index contributed by atoms with van der Waals surface area (Å²) in [6.45, 7) is 1.86. The van der Waals surface area contributed by atoms with Gasteiger partial charge in [-0.3, -0.25) is 4.79 Å². The lowest BCUT2D eigenvalue weighted by Gasteiger charge is -2.08. The third-order valence-corrected chi connectivity index (χ3v) is 5.23. The van der Waals surface area contributed by atoms with Gasteiger partial charge in [-0.25, -0.2) is 9.59 Å². The number of carbonyl (C=O) groups is 3. The monoisotopic (exact) mass is 439 g/mol. The van der Waals surface area contributed by atoms with E-state index in [1.807, 2.05) is 54.6 Å².